The lowest BCUT2D eigenvalue weighted by molar-refractivity contribution is -0.137. The lowest BCUT2D eigenvalue weighted by atomic mass is 10.1. The van der Waals surface area contributed by atoms with Gasteiger partial charge in [0.15, 0.2) is 0 Å². The molecule has 1 saturated heterocycles. The van der Waals surface area contributed by atoms with Crippen LogP contribution >= 0.6 is 0 Å². The van der Waals surface area contributed by atoms with E-state index in [1.807, 2.05) is 4.90 Å². The first kappa shape index (κ1) is 12.8. The van der Waals surface area contributed by atoms with E-state index < -0.39 is 5.97 Å². The molecule has 2 rings (SSSR count). The van der Waals surface area contributed by atoms with Crippen molar-refractivity contribution in [2.75, 3.05) is 24.6 Å². The molecule has 1 unspecified atom stereocenters. The zero-order chi connectivity index (χ0) is 13.0. The summed E-state index contributed by atoms with van der Waals surface area (Å²) in [6, 6.07) is 6.60. The maximum Gasteiger partial charge on any atom is 0.303 e. The number of carboxylic acids is 1. The molecule has 18 heavy (non-hydrogen) atoms. The Kier molecular flexibility index (Phi) is 4.15. The van der Waals surface area contributed by atoms with E-state index in [2.05, 4.69) is 0 Å². The second-order valence-electron chi connectivity index (χ2n) is 4.32. The van der Waals surface area contributed by atoms with Crippen molar-refractivity contribution >= 4 is 11.7 Å². The van der Waals surface area contributed by atoms with E-state index in [-0.39, 0.29) is 18.3 Å². The maximum atomic E-state index is 13.6. The molecular formula is C13H16FNO3. The van der Waals surface area contributed by atoms with E-state index in [9.17, 15) is 9.18 Å². The van der Waals surface area contributed by atoms with Crippen LogP contribution in [0.5, 0.6) is 0 Å². The van der Waals surface area contributed by atoms with Crippen LogP contribution in [0.15, 0.2) is 24.3 Å². The number of hydrogen-bond donors (Lipinski definition) is 1. The molecule has 4 nitrogen and oxygen atoms in total. The average Bonchev–Trinajstić information content (AvgIpc) is 2.37. The summed E-state index contributed by atoms with van der Waals surface area (Å²) in [5.41, 5.74) is 0.557. The zero-order valence-corrected chi connectivity index (χ0v) is 10.0. The highest BCUT2D eigenvalue weighted by Crippen LogP contribution is 2.22. The Morgan fingerprint density at radius 3 is 3.00 bits per heavy atom. The van der Waals surface area contributed by atoms with Crippen molar-refractivity contribution in [3.63, 3.8) is 0 Å². The number of para-hydroxylation sites is 1. The van der Waals surface area contributed by atoms with Gasteiger partial charge in [-0.25, -0.2) is 4.39 Å². The number of anilines is 1. The van der Waals surface area contributed by atoms with Crippen LogP contribution in [0.3, 0.4) is 0 Å². The van der Waals surface area contributed by atoms with E-state index in [1.165, 1.54) is 6.07 Å². The molecule has 0 radical (unpaired) electrons. The molecule has 1 atom stereocenters. The molecule has 1 aromatic rings. The fraction of sp³-hybridized carbons (Fsp3) is 0.462. The number of nitrogens with zero attached hydrogens (tertiary/aromatic N) is 1. The van der Waals surface area contributed by atoms with Crippen molar-refractivity contribution in [3.8, 4) is 0 Å². The predicted octanol–water partition coefficient (Wildman–Crippen LogP) is 1.90. The van der Waals surface area contributed by atoms with Crippen LogP contribution in [0.25, 0.3) is 0 Å². The average molecular weight is 253 g/mol. The van der Waals surface area contributed by atoms with Gasteiger partial charge >= 0.3 is 5.97 Å². The summed E-state index contributed by atoms with van der Waals surface area (Å²) >= 11 is 0. The fourth-order valence-electron chi connectivity index (χ4n) is 2.11. The van der Waals surface area contributed by atoms with Crippen molar-refractivity contribution in [2.24, 2.45) is 0 Å². The molecule has 1 fully saturated rings. The largest absolute Gasteiger partial charge is 0.481 e. The second kappa shape index (κ2) is 5.82. The van der Waals surface area contributed by atoms with Crippen molar-refractivity contribution in [2.45, 2.75) is 18.9 Å². The van der Waals surface area contributed by atoms with E-state index in [0.717, 1.165) is 0 Å². The van der Waals surface area contributed by atoms with E-state index in [4.69, 9.17) is 9.84 Å². The number of rotatable bonds is 4. The third-order valence-corrected chi connectivity index (χ3v) is 3.01. The third kappa shape index (κ3) is 3.20. The van der Waals surface area contributed by atoms with Gasteiger partial charge in [0.1, 0.15) is 5.82 Å². The minimum atomic E-state index is -0.832. The number of halogens is 1. The lowest BCUT2D eigenvalue weighted by Crippen LogP contribution is -2.43. The van der Waals surface area contributed by atoms with Crippen LogP contribution in [0.4, 0.5) is 10.1 Å². The smallest absolute Gasteiger partial charge is 0.303 e. The summed E-state index contributed by atoms with van der Waals surface area (Å²) < 4.78 is 19.1. The van der Waals surface area contributed by atoms with Crippen LogP contribution in [-0.4, -0.2) is 36.9 Å². The van der Waals surface area contributed by atoms with Crippen LogP contribution in [0, 0.1) is 5.82 Å². The number of carbonyl (C=O) groups is 1. The Morgan fingerprint density at radius 2 is 2.28 bits per heavy atom. The van der Waals surface area contributed by atoms with Gasteiger partial charge in [-0.2, -0.15) is 0 Å². The Morgan fingerprint density at radius 1 is 1.50 bits per heavy atom. The fourth-order valence-corrected chi connectivity index (χ4v) is 2.11. The molecule has 5 heteroatoms. The standard InChI is InChI=1S/C13H16FNO3/c14-11-3-1-2-4-12(11)15-7-8-18-10(9-15)5-6-13(16)17/h1-4,10H,5-9H2,(H,16,17). The number of morpholine rings is 1. The molecule has 0 bridgehead atoms. The van der Waals surface area contributed by atoms with Gasteiger partial charge in [0.2, 0.25) is 0 Å². The van der Waals surface area contributed by atoms with Gasteiger partial charge in [-0.15, -0.1) is 0 Å². The molecule has 0 aliphatic carbocycles. The molecule has 1 N–H and O–H groups in total. The second-order valence-corrected chi connectivity index (χ2v) is 4.32. The Bertz CT molecular complexity index is 424. The monoisotopic (exact) mass is 253 g/mol. The lowest BCUT2D eigenvalue weighted by Gasteiger charge is -2.34. The summed E-state index contributed by atoms with van der Waals surface area (Å²) in [7, 11) is 0. The highest BCUT2D eigenvalue weighted by Gasteiger charge is 2.22. The number of carboxylic acid groups (broad SMARTS) is 1. The summed E-state index contributed by atoms with van der Waals surface area (Å²) in [5.74, 6) is -1.09. The van der Waals surface area contributed by atoms with Gasteiger partial charge in [0, 0.05) is 19.5 Å². The zero-order valence-electron chi connectivity index (χ0n) is 10.0. The van der Waals surface area contributed by atoms with E-state index >= 15 is 0 Å². The number of ether oxygens (including phenoxy) is 1. The van der Waals surface area contributed by atoms with Crippen molar-refractivity contribution in [1.82, 2.24) is 0 Å². The minimum Gasteiger partial charge on any atom is -0.481 e. The summed E-state index contributed by atoms with van der Waals surface area (Å²) in [5, 5.41) is 8.64. The van der Waals surface area contributed by atoms with Crippen molar-refractivity contribution in [1.29, 1.82) is 0 Å². The summed E-state index contributed by atoms with van der Waals surface area (Å²) in [4.78, 5) is 12.4. The first-order valence-corrected chi connectivity index (χ1v) is 5.99. The molecule has 0 saturated carbocycles. The summed E-state index contributed by atoms with van der Waals surface area (Å²) in [6.07, 6.45) is 0.394. The van der Waals surface area contributed by atoms with Crippen LogP contribution in [0.2, 0.25) is 0 Å². The van der Waals surface area contributed by atoms with Crippen LogP contribution in [-0.2, 0) is 9.53 Å². The highest BCUT2D eigenvalue weighted by molar-refractivity contribution is 5.66. The predicted molar refractivity (Wildman–Crippen MR) is 65.2 cm³/mol. The van der Waals surface area contributed by atoms with Gasteiger partial charge in [-0.1, -0.05) is 12.1 Å². The van der Waals surface area contributed by atoms with Gasteiger partial charge < -0.3 is 14.7 Å². The molecule has 1 aliphatic heterocycles. The summed E-state index contributed by atoms with van der Waals surface area (Å²) in [6.45, 7) is 1.66. The van der Waals surface area contributed by atoms with Gasteiger partial charge in [0.25, 0.3) is 0 Å². The molecule has 98 valence electrons. The first-order chi connectivity index (χ1) is 8.66. The topological polar surface area (TPSA) is 49.8 Å². The van der Waals surface area contributed by atoms with Gasteiger partial charge in [-0.3, -0.25) is 4.79 Å². The molecule has 0 aromatic heterocycles. The van der Waals surface area contributed by atoms with Gasteiger partial charge in [0.05, 0.1) is 18.4 Å². The van der Waals surface area contributed by atoms with Gasteiger partial charge in [-0.05, 0) is 18.6 Å². The molecule has 0 spiro atoms. The van der Waals surface area contributed by atoms with Crippen LogP contribution < -0.4 is 4.90 Å². The maximum absolute atomic E-state index is 13.6. The number of hydrogen-bond acceptors (Lipinski definition) is 3. The number of benzene rings is 1. The normalized spacial score (nSPS) is 19.8. The molecule has 1 aliphatic rings. The van der Waals surface area contributed by atoms with Crippen molar-refractivity contribution in [3.05, 3.63) is 30.1 Å². The molecule has 1 heterocycles. The van der Waals surface area contributed by atoms with E-state index in [1.54, 1.807) is 18.2 Å². The Balaban J connectivity index is 1.98. The minimum absolute atomic E-state index is 0.0791. The number of aliphatic carboxylic acids is 1. The highest BCUT2D eigenvalue weighted by atomic mass is 19.1. The molecule has 1 aromatic carbocycles. The molecular weight excluding hydrogens is 237 g/mol. The quantitative estimate of drug-likeness (QED) is 0.890. The Hall–Kier alpha value is -1.62. The van der Waals surface area contributed by atoms with E-state index in [0.29, 0.717) is 31.8 Å². The first-order valence-electron chi connectivity index (χ1n) is 5.99. The Labute approximate surface area is 105 Å². The SMILES string of the molecule is O=C(O)CCC1CN(c2ccccc2F)CCO1. The molecule has 0 amide bonds. The van der Waals surface area contributed by atoms with Crippen LogP contribution in [0.1, 0.15) is 12.8 Å². The third-order valence-electron chi connectivity index (χ3n) is 3.01. The van der Waals surface area contributed by atoms with Crippen molar-refractivity contribution < 1.29 is 19.0 Å².